The minimum absolute atomic E-state index is 0.0926. The largest absolute Gasteiger partial charge is 0.481 e. The molecule has 2 saturated carbocycles. The Morgan fingerprint density at radius 3 is 2.51 bits per heavy atom. The van der Waals surface area contributed by atoms with Crippen LogP contribution in [0.25, 0.3) is 0 Å². The number of carboxylic acids is 1. The number of carbonyl (C=O) groups excluding carboxylic acids is 2. The standard InChI is InChI=1S/C38H38Cl2N2O9/c39-23-5-3-6-24(40)33(23)41-25-7-2-1-4-21(25)17-30(44)49-27-11-10-22-16-29-38(48)13-12-28(50-31(45)18-26(43)36(46)47)35-37(38,32(22)34(27)51-35)14-15-42(29)19-20-8-9-20/h1-7,10-11,20,26,28-29,35,41,43,48H,8-9,12-19H2,(H,46,47)/t26?,28?,29-,35?,37+,38-/m1/s1. The highest BCUT2D eigenvalue weighted by atomic mass is 35.5. The number of nitrogens with zero attached hydrogens (tertiary/aromatic N) is 1. The number of nitrogens with one attached hydrogen (secondary N) is 1. The number of likely N-dealkylation sites (tertiary alicyclic amines) is 1. The van der Waals surface area contributed by atoms with E-state index >= 15 is 0 Å². The van der Waals surface area contributed by atoms with Crippen LogP contribution in [0.4, 0.5) is 11.4 Å². The Kier molecular flexibility index (Phi) is 8.70. The molecule has 11 nitrogen and oxygen atoms in total. The first-order valence-corrected chi connectivity index (χ1v) is 18.1. The van der Waals surface area contributed by atoms with Gasteiger partial charge in [0.1, 0.15) is 12.2 Å². The molecule has 3 unspecified atom stereocenters. The number of aliphatic hydroxyl groups is 2. The van der Waals surface area contributed by atoms with Gasteiger partial charge in [0.2, 0.25) is 0 Å². The Morgan fingerprint density at radius 1 is 1.00 bits per heavy atom. The van der Waals surface area contributed by atoms with Crippen LogP contribution in [0.2, 0.25) is 10.0 Å². The van der Waals surface area contributed by atoms with Crippen molar-refractivity contribution in [1.82, 2.24) is 4.90 Å². The van der Waals surface area contributed by atoms with Gasteiger partial charge in [0, 0.05) is 23.8 Å². The number of halogens is 2. The minimum atomic E-state index is -1.90. The second-order valence-electron chi connectivity index (χ2n) is 14.4. The van der Waals surface area contributed by atoms with Gasteiger partial charge in [-0.3, -0.25) is 14.5 Å². The third kappa shape index (κ3) is 5.83. The van der Waals surface area contributed by atoms with E-state index in [1.165, 1.54) is 12.8 Å². The lowest BCUT2D eigenvalue weighted by atomic mass is 9.48. The zero-order valence-electron chi connectivity index (χ0n) is 27.6. The van der Waals surface area contributed by atoms with Crippen molar-refractivity contribution in [1.29, 1.82) is 0 Å². The molecular weight excluding hydrogens is 699 g/mol. The first kappa shape index (κ1) is 34.2. The minimum Gasteiger partial charge on any atom is -0.481 e. The van der Waals surface area contributed by atoms with Crippen molar-refractivity contribution < 1.29 is 43.9 Å². The van der Waals surface area contributed by atoms with Gasteiger partial charge in [-0.15, -0.1) is 0 Å². The van der Waals surface area contributed by atoms with Gasteiger partial charge in [-0.1, -0.05) is 53.5 Å². The lowest BCUT2D eigenvalue weighted by Gasteiger charge is -2.64. The fourth-order valence-electron chi connectivity index (χ4n) is 8.95. The monoisotopic (exact) mass is 736 g/mol. The molecule has 1 spiro atoms. The van der Waals surface area contributed by atoms with Gasteiger partial charge >= 0.3 is 17.9 Å². The zero-order chi connectivity index (χ0) is 35.7. The molecule has 3 fully saturated rings. The second kappa shape index (κ2) is 13.0. The highest BCUT2D eigenvalue weighted by Crippen LogP contribution is 2.66. The molecule has 3 aliphatic carbocycles. The number of carbonyl (C=O) groups is 3. The van der Waals surface area contributed by atoms with Crippen molar-refractivity contribution in [2.45, 2.75) is 86.7 Å². The molecule has 0 amide bonds. The molecule has 4 N–H and O–H groups in total. The van der Waals surface area contributed by atoms with Crippen LogP contribution >= 0.6 is 23.2 Å². The van der Waals surface area contributed by atoms with Crippen molar-refractivity contribution in [3.05, 3.63) is 81.3 Å². The quantitative estimate of drug-likeness (QED) is 0.152. The summed E-state index contributed by atoms with van der Waals surface area (Å²) in [5, 5.41) is 35.9. The molecule has 0 radical (unpaired) electrons. The maximum absolute atomic E-state index is 13.6. The average Bonchev–Trinajstić information content (AvgIpc) is 3.83. The summed E-state index contributed by atoms with van der Waals surface area (Å²) in [6, 6.07) is 15.9. The number of esters is 2. The fraction of sp³-hybridized carbons (Fsp3) is 0.447. The molecule has 3 aromatic carbocycles. The summed E-state index contributed by atoms with van der Waals surface area (Å²) in [6.07, 6.45) is -0.242. The molecule has 1 saturated heterocycles. The SMILES string of the molecule is O=C(Cc1ccccc1Nc1c(Cl)cccc1Cl)Oc1ccc2c3c1OC1C(OC(=O)CC(O)C(=O)O)CC[C@@]4(O)[C@@H](C2)N(CC2CC2)CC[C@]314. The average molecular weight is 738 g/mol. The number of aliphatic carboxylic acids is 1. The molecule has 5 aliphatic rings. The van der Waals surface area contributed by atoms with Crippen LogP contribution in [0.15, 0.2) is 54.6 Å². The van der Waals surface area contributed by atoms with E-state index in [2.05, 4.69) is 10.2 Å². The van der Waals surface area contributed by atoms with Crippen molar-refractivity contribution in [2.75, 3.05) is 18.4 Å². The van der Waals surface area contributed by atoms with Crippen LogP contribution in [0, 0.1) is 5.92 Å². The molecule has 2 heterocycles. The fourth-order valence-corrected chi connectivity index (χ4v) is 9.44. The molecule has 3 aromatic rings. The van der Waals surface area contributed by atoms with E-state index < -0.39 is 53.7 Å². The normalized spacial score (nSPS) is 27.9. The van der Waals surface area contributed by atoms with Gasteiger partial charge in [0.15, 0.2) is 17.6 Å². The zero-order valence-corrected chi connectivity index (χ0v) is 29.2. The molecule has 51 heavy (non-hydrogen) atoms. The first-order valence-electron chi connectivity index (χ1n) is 17.4. The summed E-state index contributed by atoms with van der Waals surface area (Å²) in [6.45, 7) is 1.63. The number of aliphatic hydroxyl groups excluding tert-OH is 1. The third-order valence-electron chi connectivity index (χ3n) is 11.4. The highest BCUT2D eigenvalue weighted by Gasteiger charge is 2.73. The van der Waals surface area contributed by atoms with Crippen LogP contribution in [-0.4, -0.2) is 81.2 Å². The second-order valence-corrected chi connectivity index (χ2v) is 15.2. The predicted octanol–water partition coefficient (Wildman–Crippen LogP) is 5.20. The molecule has 0 aromatic heterocycles. The van der Waals surface area contributed by atoms with E-state index in [1.54, 1.807) is 30.3 Å². The predicted molar refractivity (Wildman–Crippen MR) is 187 cm³/mol. The number of anilines is 2. The number of rotatable bonds is 11. The van der Waals surface area contributed by atoms with Crippen LogP contribution < -0.4 is 14.8 Å². The van der Waals surface area contributed by atoms with Gasteiger partial charge in [-0.2, -0.15) is 0 Å². The summed E-state index contributed by atoms with van der Waals surface area (Å²) >= 11 is 12.8. The van der Waals surface area contributed by atoms with Gasteiger partial charge in [0.05, 0.1) is 39.6 Å². The summed E-state index contributed by atoms with van der Waals surface area (Å²) in [5.74, 6) is -1.76. The van der Waals surface area contributed by atoms with Crippen molar-refractivity contribution in [3.63, 3.8) is 0 Å². The van der Waals surface area contributed by atoms with E-state index in [0.29, 0.717) is 64.5 Å². The Morgan fingerprint density at radius 2 is 1.76 bits per heavy atom. The van der Waals surface area contributed by atoms with Crippen molar-refractivity contribution in [3.8, 4) is 11.5 Å². The van der Waals surface area contributed by atoms with Gasteiger partial charge in [-0.05, 0) is 86.4 Å². The van der Waals surface area contributed by atoms with E-state index in [-0.39, 0.29) is 24.6 Å². The number of benzene rings is 3. The molecule has 2 aliphatic heterocycles. The smallest absolute Gasteiger partial charge is 0.333 e. The molecular formula is C38H38Cl2N2O9. The molecule has 13 heteroatoms. The number of hydrogen-bond donors (Lipinski definition) is 4. The van der Waals surface area contributed by atoms with Gasteiger partial charge in [-0.25, -0.2) is 4.79 Å². The highest BCUT2D eigenvalue weighted by molar-refractivity contribution is 6.39. The first-order chi connectivity index (χ1) is 24.5. The number of piperidine rings is 1. The Bertz CT molecular complexity index is 1900. The Balaban J connectivity index is 1.10. The van der Waals surface area contributed by atoms with E-state index in [4.69, 9.17) is 42.5 Å². The maximum atomic E-state index is 13.6. The summed E-state index contributed by atoms with van der Waals surface area (Å²) in [5.41, 5.74) is 1.40. The molecule has 6 atom stereocenters. The van der Waals surface area contributed by atoms with Crippen LogP contribution in [0.3, 0.4) is 0 Å². The number of hydrogen-bond acceptors (Lipinski definition) is 10. The number of carboxylic acid groups (broad SMARTS) is 1. The summed E-state index contributed by atoms with van der Waals surface area (Å²) < 4.78 is 18.6. The Labute approximate surface area is 304 Å². The van der Waals surface area contributed by atoms with Crippen molar-refractivity contribution in [2.24, 2.45) is 5.92 Å². The molecule has 268 valence electrons. The van der Waals surface area contributed by atoms with E-state index in [1.807, 2.05) is 24.3 Å². The summed E-state index contributed by atoms with van der Waals surface area (Å²) in [4.78, 5) is 40.2. The van der Waals surface area contributed by atoms with E-state index in [0.717, 1.165) is 17.7 Å². The number of ether oxygens (including phenoxy) is 3. The van der Waals surface area contributed by atoms with Crippen LogP contribution in [0.5, 0.6) is 11.5 Å². The number of para-hydroxylation sites is 2. The topological polar surface area (TPSA) is 155 Å². The Hall–Kier alpha value is -3.87. The van der Waals surface area contributed by atoms with E-state index in [9.17, 15) is 24.6 Å². The molecule has 2 bridgehead atoms. The summed E-state index contributed by atoms with van der Waals surface area (Å²) in [7, 11) is 0. The van der Waals surface area contributed by atoms with Crippen LogP contribution in [-0.2, 0) is 37.4 Å². The van der Waals surface area contributed by atoms with Gasteiger partial charge < -0.3 is 34.8 Å². The molecule has 8 rings (SSSR count). The van der Waals surface area contributed by atoms with Crippen LogP contribution in [0.1, 0.15) is 55.2 Å². The van der Waals surface area contributed by atoms with Gasteiger partial charge in [0.25, 0.3) is 0 Å². The maximum Gasteiger partial charge on any atom is 0.333 e. The van der Waals surface area contributed by atoms with Crippen molar-refractivity contribution >= 4 is 52.5 Å². The lowest BCUT2D eigenvalue weighted by molar-refractivity contribution is -0.216. The lowest BCUT2D eigenvalue weighted by Crippen LogP contribution is -2.77. The third-order valence-corrected chi connectivity index (χ3v) is 12.0.